The Labute approximate surface area is 145 Å². The van der Waals surface area contributed by atoms with Crippen LogP contribution in [-0.4, -0.2) is 47.6 Å². The minimum Gasteiger partial charge on any atom is -0.496 e. The molecule has 0 bridgehead atoms. The van der Waals surface area contributed by atoms with Gasteiger partial charge in [0.25, 0.3) is 5.91 Å². The van der Waals surface area contributed by atoms with Crippen LogP contribution in [0.25, 0.3) is 0 Å². The van der Waals surface area contributed by atoms with Gasteiger partial charge in [-0.1, -0.05) is 5.21 Å². The van der Waals surface area contributed by atoms with Crippen molar-refractivity contribution in [1.29, 1.82) is 0 Å². The largest absolute Gasteiger partial charge is 0.496 e. The van der Waals surface area contributed by atoms with Crippen molar-refractivity contribution in [1.82, 2.24) is 20.3 Å². The van der Waals surface area contributed by atoms with Crippen molar-refractivity contribution in [3.8, 4) is 5.75 Å². The molecule has 1 aromatic heterocycles. The lowest BCUT2D eigenvalue weighted by Gasteiger charge is -2.12. The van der Waals surface area contributed by atoms with Crippen LogP contribution in [0.2, 0.25) is 0 Å². The van der Waals surface area contributed by atoms with Crippen LogP contribution in [0.15, 0.2) is 24.4 Å². The molecular weight excluding hydrogens is 357 g/mol. The number of hydrogen-bond donors (Lipinski definition) is 1. The second kappa shape index (κ2) is 7.85. The number of esters is 1. The number of halogens is 3. The van der Waals surface area contributed by atoms with Gasteiger partial charge in [0, 0.05) is 6.54 Å². The maximum atomic E-state index is 12.7. The number of hydrogen-bond acceptors (Lipinski definition) is 6. The maximum Gasteiger partial charge on any atom is 0.416 e. The monoisotopic (exact) mass is 372 g/mol. The zero-order valence-corrected chi connectivity index (χ0v) is 13.8. The molecule has 1 heterocycles. The Kier molecular flexibility index (Phi) is 5.80. The van der Waals surface area contributed by atoms with E-state index in [2.05, 4.69) is 20.4 Å². The van der Waals surface area contributed by atoms with E-state index in [4.69, 9.17) is 4.74 Å². The molecule has 0 aliphatic heterocycles. The Hall–Kier alpha value is -3.11. The van der Waals surface area contributed by atoms with Gasteiger partial charge in [0.1, 0.15) is 5.75 Å². The molecule has 0 saturated carbocycles. The van der Waals surface area contributed by atoms with Crippen molar-refractivity contribution in [3.63, 3.8) is 0 Å². The molecule has 0 atom stereocenters. The average molecular weight is 372 g/mol. The summed E-state index contributed by atoms with van der Waals surface area (Å²) in [6.45, 7) is 0.297. The molecule has 1 amide bonds. The van der Waals surface area contributed by atoms with E-state index in [-0.39, 0.29) is 30.1 Å². The molecule has 0 saturated heterocycles. The molecule has 1 N–H and O–H groups in total. The maximum absolute atomic E-state index is 12.7. The van der Waals surface area contributed by atoms with Gasteiger partial charge in [0.05, 0.1) is 38.1 Å². The Balaban J connectivity index is 1.99. The molecule has 8 nitrogen and oxygen atoms in total. The van der Waals surface area contributed by atoms with E-state index in [1.54, 1.807) is 0 Å². The minimum atomic E-state index is -4.53. The average Bonchev–Trinajstić information content (AvgIpc) is 3.08. The van der Waals surface area contributed by atoms with Gasteiger partial charge in [-0.3, -0.25) is 4.79 Å². The highest BCUT2D eigenvalue weighted by Crippen LogP contribution is 2.33. The lowest BCUT2D eigenvalue weighted by Crippen LogP contribution is -2.28. The van der Waals surface area contributed by atoms with Gasteiger partial charge in [-0.15, -0.1) is 5.10 Å². The Morgan fingerprint density at radius 2 is 2.00 bits per heavy atom. The van der Waals surface area contributed by atoms with Crippen LogP contribution < -0.4 is 10.1 Å². The second-order valence-corrected chi connectivity index (χ2v) is 5.03. The zero-order valence-electron chi connectivity index (χ0n) is 13.8. The van der Waals surface area contributed by atoms with E-state index in [0.29, 0.717) is 0 Å². The quantitative estimate of drug-likeness (QED) is 0.773. The summed E-state index contributed by atoms with van der Waals surface area (Å²) in [5.74, 6) is -1.44. The summed E-state index contributed by atoms with van der Waals surface area (Å²) in [5.41, 5.74) is -0.929. The van der Waals surface area contributed by atoms with Crippen LogP contribution in [0.4, 0.5) is 13.2 Å². The van der Waals surface area contributed by atoms with Crippen molar-refractivity contribution >= 4 is 11.9 Å². The van der Waals surface area contributed by atoms with Gasteiger partial charge in [-0.25, -0.2) is 9.48 Å². The minimum absolute atomic E-state index is 0.0169. The fraction of sp³-hybridized carbons (Fsp3) is 0.333. The van der Waals surface area contributed by atoms with E-state index >= 15 is 0 Å². The third-order valence-electron chi connectivity index (χ3n) is 3.33. The smallest absolute Gasteiger partial charge is 0.416 e. The molecule has 2 aromatic rings. The molecule has 2 rings (SSSR count). The van der Waals surface area contributed by atoms with E-state index in [9.17, 15) is 22.8 Å². The summed E-state index contributed by atoms with van der Waals surface area (Å²) in [4.78, 5) is 23.4. The normalized spacial score (nSPS) is 11.1. The van der Waals surface area contributed by atoms with Crippen LogP contribution >= 0.6 is 0 Å². The van der Waals surface area contributed by atoms with Crippen molar-refractivity contribution in [2.45, 2.75) is 12.7 Å². The number of amides is 1. The van der Waals surface area contributed by atoms with Crippen LogP contribution in [0.3, 0.4) is 0 Å². The number of carbonyl (C=O) groups excluding carboxylic acids is 2. The number of alkyl halides is 3. The lowest BCUT2D eigenvalue weighted by atomic mass is 10.1. The molecule has 0 aliphatic carbocycles. The van der Waals surface area contributed by atoms with Gasteiger partial charge in [-0.05, 0) is 18.2 Å². The summed E-state index contributed by atoms with van der Waals surface area (Å²) in [6.07, 6.45) is -3.19. The molecular formula is C15H15F3N4O4. The summed E-state index contributed by atoms with van der Waals surface area (Å²) in [6, 6.07) is 2.61. The Morgan fingerprint density at radius 1 is 1.27 bits per heavy atom. The molecule has 0 radical (unpaired) electrons. The van der Waals surface area contributed by atoms with Gasteiger partial charge >= 0.3 is 12.1 Å². The molecule has 140 valence electrons. The van der Waals surface area contributed by atoms with E-state index in [1.165, 1.54) is 25.1 Å². The van der Waals surface area contributed by atoms with Crippen LogP contribution in [0.5, 0.6) is 5.75 Å². The highest BCUT2D eigenvalue weighted by molar-refractivity contribution is 5.97. The van der Waals surface area contributed by atoms with Gasteiger partial charge in [0.15, 0.2) is 5.69 Å². The van der Waals surface area contributed by atoms with Crippen molar-refractivity contribution in [2.24, 2.45) is 0 Å². The second-order valence-electron chi connectivity index (χ2n) is 5.03. The zero-order chi connectivity index (χ0) is 19.3. The van der Waals surface area contributed by atoms with E-state index < -0.39 is 23.6 Å². The number of rotatable bonds is 6. The van der Waals surface area contributed by atoms with Crippen LogP contribution in [0, 0.1) is 0 Å². The highest BCUT2D eigenvalue weighted by Gasteiger charge is 2.31. The van der Waals surface area contributed by atoms with E-state index in [1.807, 2.05) is 0 Å². The van der Waals surface area contributed by atoms with E-state index in [0.717, 1.165) is 18.2 Å². The first-order valence-corrected chi connectivity index (χ1v) is 7.28. The highest BCUT2D eigenvalue weighted by atomic mass is 19.4. The fourth-order valence-corrected chi connectivity index (χ4v) is 2.04. The molecule has 26 heavy (non-hydrogen) atoms. The fourth-order valence-electron chi connectivity index (χ4n) is 2.04. The predicted molar refractivity (Wildman–Crippen MR) is 81.7 cm³/mol. The first-order valence-electron chi connectivity index (χ1n) is 7.28. The first-order chi connectivity index (χ1) is 12.3. The number of aromatic nitrogens is 3. The summed E-state index contributed by atoms with van der Waals surface area (Å²) < 4.78 is 48.8. The number of methoxy groups -OCH3 is 2. The first kappa shape index (κ1) is 19.2. The van der Waals surface area contributed by atoms with Crippen LogP contribution in [-0.2, 0) is 17.5 Å². The Morgan fingerprint density at radius 3 is 2.62 bits per heavy atom. The molecule has 0 unspecified atom stereocenters. The third kappa shape index (κ3) is 4.49. The van der Waals surface area contributed by atoms with Crippen molar-refractivity contribution in [2.75, 3.05) is 20.8 Å². The van der Waals surface area contributed by atoms with Crippen molar-refractivity contribution in [3.05, 3.63) is 41.2 Å². The summed E-state index contributed by atoms with van der Waals surface area (Å²) in [7, 11) is 2.38. The predicted octanol–water partition coefficient (Wildman–Crippen LogP) is 1.52. The van der Waals surface area contributed by atoms with Gasteiger partial charge in [0.2, 0.25) is 0 Å². The standard InChI is InChI=1S/C15H15F3N4O4/c1-25-12-7-9(15(16,17)18)3-4-10(12)13(23)19-5-6-22-8-11(20-21-22)14(24)26-2/h3-4,7-8H,5-6H2,1-2H3,(H,19,23). The number of benzene rings is 1. The number of nitrogens with one attached hydrogen (secondary N) is 1. The number of nitrogens with zero attached hydrogens (tertiary/aromatic N) is 3. The molecule has 0 spiro atoms. The molecule has 0 fully saturated rings. The lowest BCUT2D eigenvalue weighted by molar-refractivity contribution is -0.137. The number of carbonyl (C=O) groups is 2. The van der Waals surface area contributed by atoms with Crippen molar-refractivity contribution < 1.29 is 32.2 Å². The third-order valence-corrected chi connectivity index (χ3v) is 3.33. The summed E-state index contributed by atoms with van der Waals surface area (Å²) >= 11 is 0. The molecule has 1 aromatic carbocycles. The topological polar surface area (TPSA) is 95.3 Å². The van der Waals surface area contributed by atoms with Gasteiger partial charge in [-0.2, -0.15) is 13.2 Å². The molecule has 0 aliphatic rings. The SMILES string of the molecule is COC(=O)c1cn(CCNC(=O)c2ccc(C(F)(F)F)cc2OC)nn1. The molecule has 11 heteroatoms. The number of ether oxygens (including phenoxy) is 2. The summed E-state index contributed by atoms with van der Waals surface area (Å²) in [5, 5.41) is 9.82. The Bertz CT molecular complexity index is 804. The van der Waals surface area contributed by atoms with Gasteiger partial charge < -0.3 is 14.8 Å². The van der Waals surface area contributed by atoms with Crippen LogP contribution in [0.1, 0.15) is 26.4 Å².